The Morgan fingerprint density at radius 2 is 2.14 bits per heavy atom. The number of ether oxygens (including phenoxy) is 2. The minimum atomic E-state index is -0.568. The van der Waals surface area contributed by atoms with Crippen molar-refractivity contribution in [2.24, 2.45) is 5.92 Å². The average molecular weight is 416 g/mol. The van der Waals surface area contributed by atoms with Crippen LogP contribution in [0.5, 0.6) is 5.75 Å². The first kappa shape index (κ1) is 20.2. The Morgan fingerprint density at radius 3 is 2.90 bits per heavy atom. The van der Waals surface area contributed by atoms with Gasteiger partial charge in [0.2, 0.25) is 0 Å². The van der Waals surface area contributed by atoms with Crippen LogP contribution in [-0.4, -0.2) is 30.2 Å². The standard InChI is InChI=1S/C23H26ClNO4/c1-15-8-16-5-6-17(24)9-20(16)21-11-23(27)25(12-22(21)29-14-15)18(13-26)10-19-4-2-3-7-28-19/h5-6,9,11-13,15,18-19H,2-4,7-8,10,14H2,1H3. The third-order valence-corrected chi connectivity index (χ3v) is 6.03. The van der Waals surface area contributed by atoms with Gasteiger partial charge in [0.25, 0.3) is 5.56 Å². The van der Waals surface area contributed by atoms with Crippen LogP contribution in [-0.2, 0) is 16.0 Å². The predicted molar refractivity (Wildman–Crippen MR) is 113 cm³/mol. The Morgan fingerprint density at radius 1 is 1.28 bits per heavy atom. The van der Waals surface area contributed by atoms with Gasteiger partial charge in [-0.2, -0.15) is 0 Å². The molecule has 0 N–H and O–H groups in total. The number of hydrogen-bond donors (Lipinski definition) is 0. The van der Waals surface area contributed by atoms with Gasteiger partial charge in [-0.15, -0.1) is 0 Å². The summed E-state index contributed by atoms with van der Waals surface area (Å²) in [6, 6.07) is 6.78. The maximum Gasteiger partial charge on any atom is 0.252 e. The van der Waals surface area contributed by atoms with Crippen molar-refractivity contribution in [2.75, 3.05) is 13.2 Å². The van der Waals surface area contributed by atoms with Crippen molar-refractivity contribution >= 4 is 17.9 Å². The summed E-state index contributed by atoms with van der Waals surface area (Å²) < 4.78 is 13.3. The van der Waals surface area contributed by atoms with Gasteiger partial charge in [-0.3, -0.25) is 4.79 Å². The number of pyridine rings is 1. The van der Waals surface area contributed by atoms with Gasteiger partial charge in [0.05, 0.1) is 24.9 Å². The van der Waals surface area contributed by atoms with E-state index in [0.717, 1.165) is 48.7 Å². The van der Waals surface area contributed by atoms with E-state index in [-0.39, 0.29) is 11.7 Å². The monoisotopic (exact) mass is 415 g/mol. The largest absolute Gasteiger partial charge is 0.491 e. The first-order valence-electron chi connectivity index (χ1n) is 10.3. The van der Waals surface area contributed by atoms with Crippen molar-refractivity contribution in [2.45, 2.75) is 51.2 Å². The van der Waals surface area contributed by atoms with E-state index in [0.29, 0.717) is 36.3 Å². The molecule has 1 aromatic heterocycles. The van der Waals surface area contributed by atoms with Crippen molar-refractivity contribution < 1.29 is 14.3 Å². The van der Waals surface area contributed by atoms with E-state index in [2.05, 4.69) is 6.92 Å². The van der Waals surface area contributed by atoms with Gasteiger partial charge in [-0.25, -0.2) is 0 Å². The molecule has 1 fully saturated rings. The number of aromatic nitrogens is 1. The van der Waals surface area contributed by atoms with Crippen molar-refractivity contribution in [3.8, 4) is 16.9 Å². The van der Waals surface area contributed by atoms with Gasteiger partial charge in [0.1, 0.15) is 12.0 Å². The van der Waals surface area contributed by atoms with E-state index in [1.807, 2.05) is 18.2 Å². The highest BCUT2D eigenvalue weighted by atomic mass is 35.5. The molecule has 2 aliphatic rings. The van der Waals surface area contributed by atoms with Gasteiger partial charge in [-0.1, -0.05) is 24.6 Å². The lowest BCUT2D eigenvalue weighted by Crippen LogP contribution is -2.30. The highest BCUT2D eigenvalue weighted by molar-refractivity contribution is 6.30. The fourth-order valence-electron chi connectivity index (χ4n) is 4.25. The fraction of sp³-hybridized carbons (Fsp3) is 0.478. The van der Waals surface area contributed by atoms with Crippen LogP contribution in [0.15, 0.2) is 35.3 Å². The number of rotatable bonds is 4. The minimum Gasteiger partial charge on any atom is -0.491 e. The summed E-state index contributed by atoms with van der Waals surface area (Å²) in [5.74, 6) is 0.928. The summed E-state index contributed by atoms with van der Waals surface area (Å²) in [5.41, 5.74) is 2.57. The summed E-state index contributed by atoms with van der Waals surface area (Å²) in [6.07, 6.45) is 6.94. The summed E-state index contributed by atoms with van der Waals surface area (Å²) in [6.45, 7) is 3.40. The van der Waals surface area contributed by atoms with Gasteiger partial charge in [0.15, 0.2) is 0 Å². The van der Waals surface area contributed by atoms with Crippen LogP contribution in [0.1, 0.15) is 44.2 Å². The molecule has 2 aromatic rings. The Hall–Kier alpha value is -2.11. The number of nitrogens with zero attached hydrogens (tertiary/aromatic N) is 1. The molecule has 0 spiro atoms. The molecule has 0 aliphatic carbocycles. The number of hydrogen-bond acceptors (Lipinski definition) is 4. The average Bonchev–Trinajstić information content (AvgIpc) is 2.72. The lowest BCUT2D eigenvalue weighted by Gasteiger charge is -2.27. The van der Waals surface area contributed by atoms with E-state index in [9.17, 15) is 9.59 Å². The van der Waals surface area contributed by atoms with Crippen molar-refractivity contribution in [1.82, 2.24) is 4.57 Å². The topological polar surface area (TPSA) is 57.5 Å². The molecule has 5 nitrogen and oxygen atoms in total. The number of fused-ring (bicyclic) bond motifs is 3. The molecular weight excluding hydrogens is 390 g/mol. The second-order valence-electron chi connectivity index (χ2n) is 8.15. The molecule has 0 amide bonds. The molecule has 0 bridgehead atoms. The fourth-order valence-corrected chi connectivity index (χ4v) is 4.43. The number of carbonyl (C=O) groups excluding carboxylic acids is 1. The van der Waals surface area contributed by atoms with Crippen LogP contribution in [0.25, 0.3) is 11.1 Å². The highest BCUT2D eigenvalue weighted by Gasteiger charge is 2.24. The Labute approximate surface area is 175 Å². The van der Waals surface area contributed by atoms with Crippen LogP contribution in [0.2, 0.25) is 5.02 Å². The first-order valence-corrected chi connectivity index (χ1v) is 10.7. The molecule has 3 atom stereocenters. The maximum absolute atomic E-state index is 13.0. The van der Waals surface area contributed by atoms with Crippen LogP contribution in [0, 0.1) is 5.92 Å². The molecule has 0 saturated carbocycles. The third-order valence-electron chi connectivity index (χ3n) is 5.79. The second kappa shape index (κ2) is 8.72. The van der Waals surface area contributed by atoms with Gasteiger partial charge in [-0.05, 0) is 54.9 Å². The zero-order chi connectivity index (χ0) is 20.4. The smallest absolute Gasteiger partial charge is 0.252 e. The first-order chi connectivity index (χ1) is 14.0. The Balaban J connectivity index is 1.74. The van der Waals surface area contributed by atoms with Crippen LogP contribution in [0.3, 0.4) is 0 Å². The summed E-state index contributed by atoms with van der Waals surface area (Å²) in [5, 5.41) is 0.618. The quantitative estimate of drug-likeness (QED) is 0.693. The molecule has 4 rings (SSSR count). The molecule has 1 saturated heterocycles. The molecule has 0 radical (unpaired) electrons. The van der Waals surface area contributed by atoms with E-state index < -0.39 is 6.04 Å². The van der Waals surface area contributed by atoms with Crippen molar-refractivity contribution in [1.29, 1.82) is 0 Å². The number of carbonyl (C=O) groups is 1. The zero-order valence-corrected chi connectivity index (χ0v) is 17.4. The number of benzene rings is 1. The Kier molecular flexibility index (Phi) is 6.07. The van der Waals surface area contributed by atoms with Crippen molar-refractivity contribution in [3.63, 3.8) is 0 Å². The second-order valence-corrected chi connectivity index (χ2v) is 8.58. The van der Waals surface area contributed by atoms with Gasteiger partial charge >= 0.3 is 0 Å². The van der Waals surface area contributed by atoms with Crippen LogP contribution in [0.4, 0.5) is 0 Å². The molecule has 1 aromatic carbocycles. The number of halogens is 1. The minimum absolute atomic E-state index is 0.00772. The van der Waals surface area contributed by atoms with E-state index >= 15 is 0 Å². The normalized spacial score (nSPS) is 22.4. The zero-order valence-electron chi connectivity index (χ0n) is 16.6. The van der Waals surface area contributed by atoms with E-state index in [1.54, 1.807) is 12.3 Å². The lowest BCUT2D eigenvalue weighted by molar-refractivity contribution is -0.112. The van der Waals surface area contributed by atoms with Gasteiger partial charge in [0, 0.05) is 29.7 Å². The van der Waals surface area contributed by atoms with E-state index in [4.69, 9.17) is 21.1 Å². The predicted octanol–water partition coefficient (Wildman–Crippen LogP) is 4.44. The molecule has 3 heterocycles. The molecule has 29 heavy (non-hydrogen) atoms. The van der Waals surface area contributed by atoms with Crippen LogP contribution >= 0.6 is 11.6 Å². The summed E-state index contributed by atoms with van der Waals surface area (Å²) in [4.78, 5) is 24.8. The lowest BCUT2D eigenvalue weighted by atomic mass is 9.92. The Bertz CT molecular complexity index is 948. The van der Waals surface area contributed by atoms with Crippen LogP contribution < -0.4 is 10.3 Å². The SMILES string of the molecule is CC1COc2cn(C(C=O)CC3CCCCO3)c(=O)cc2-c2cc(Cl)ccc2C1. The van der Waals surface area contributed by atoms with Crippen molar-refractivity contribution in [3.05, 3.63) is 51.4 Å². The molecule has 2 aliphatic heterocycles. The summed E-state index contributed by atoms with van der Waals surface area (Å²) in [7, 11) is 0. The molecular formula is C23H26ClNO4. The molecule has 3 unspecified atom stereocenters. The number of aldehydes is 1. The third kappa shape index (κ3) is 4.41. The summed E-state index contributed by atoms with van der Waals surface area (Å²) >= 11 is 6.24. The van der Waals surface area contributed by atoms with E-state index in [1.165, 1.54) is 4.57 Å². The van der Waals surface area contributed by atoms with Gasteiger partial charge < -0.3 is 18.8 Å². The molecule has 154 valence electrons. The maximum atomic E-state index is 13.0. The molecule has 6 heteroatoms. The highest BCUT2D eigenvalue weighted by Crippen LogP contribution is 2.37.